The second-order valence-electron chi connectivity index (χ2n) is 9.37. The van der Waals surface area contributed by atoms with Gasteiger partial charge in [0.15, 0.2) is 11.5 Å². The molecule has 10 heteroatoms. The van der Waals surface area contributed by atoms with Gasteiger partial charge >= 0.3 is 5.97 Å². The number of hydrogen-bond donors (Lipinski definition) is 1. The van der Waals surface area contributed by atoms with Gasteiger partial charge in [0.05, 0.1) is 18.5 Å². The van der Waals surface area contributed by atoms with Crippen LogP contribution in [0.4, 0.5) is 11.8 Å². The van der Waals surface area contributed by atoms with Gasteiger partial charge in [-0.3, -0.25) is 9.69 Å². The molecule has 1 saturated heterocycles. The summed E-state index contributed by atoms with van der Waals surface area (Å²) in [6, 6.07) is 6.05. The molecule has 1 aromatic carbocycles. The van der Waals surface area contributed by atoms with Gasteiger partial charge in [0, 0.05) is 37.6 Å². The lowest BCUT2D eigenvalue weighted by Gasteiger charge is -2.34. The molecule has 0 atom stereocenters. The molecule has 4 heterocycles. The van der Waals surface area contributed by atoms with Gasteiger partial charge in [-0.15, -0.1) is 11.3 Å². The standard InChI is InChI=1S/C26H31N5O4S/c1-2-33-22(32)15-30-9-11-31(12-10-30)26-28-24(23-18-5-3-4-6-21(18)36-25(23)29-26)27-14-17-7-8-19-20(13-17)35-16-34-19/h7-8,13H,2-6,9-12,14-16H2,1H3,(H,27,28,29). The highest BCUT2D eigenvalue weighted by Crippen LogP contribution is 2.40. The Kier molecular flexibility index (Phi) is 6.54. The summed E-state index contributed by atoms with van der Waals surface area (Å²) in [5, 5.41) is 4.80. The molecule has 6 rings (SSSR count). The zero-order valence-corrected chi connectivity index (χ0v) is 21.4. The van der Waals surface area contributed by atoms with Crippen molar-refractivity contribution in [3.63, 3.8) is 0 Å². The fraction of sp³-hybridized carbons (Fsp3) is 0.500. The van der Waals surface area contributed by atoms with Crippen molar-refractivity contribution in [2.24, 2.45) is 0 Å². The number of thiophene rings is 1. The van der Waals surface area contributed by atoms with E-state index in [0.717, 1.165) is 72.7 Å². The molecule has 190 valence electrons. The summed E-state index contributed by atoms with van der Waals surface area (Å²) in [5.74, 6) is 3.07. The largest absolute Gasteiger partial charge is 0.465 e. The van der Waals surface area contributed by atoms with Gasteiger partial charge < -0.3 is 24.4 Å². The second kappa shape index (κ2) is 10.1. The summed E-state index contributed by atoms with van der Waals surface area (Å²) in [4.78, 5) is 28.8. The SMILES string of the molecule is CCOC(=O)CN1CCN(c2nc(NCc3ccc4c(c3)OCO4)c3c4c(sc3n2)CCCC4)CC1. The van der Waals surface area contributed by atoms with Crippen LogP contribution in [0.3, 0.4) is 0 Å². The van der Waals surface area contributed by atoms with Crippen molar-refractivity contribution < 1.29 is 19.0 Å². The Morgan fingerprint density at radius 3 is 2.81 bits per heavy atom. The monoisotopic (exact) mass is 509 g/mol. The van der Waals surface area contributed by atoms with E-state index in [9.17, 15) is 4.79 Å². The first-order valence-electron chi connectivity index (χ1n) is 12.8. The maximum atomic E-state index is 11.9. The highest BCUT2D eigenvalue weighted by molar-refractivity contribution is 7.19. The number of benzene rings is 1. The molecule has 9 nitrogen and oxygen atoms in total. The summed E-state index contributed by atoms with van der Waals surface area (Å²) in [5.41, 5.74) is 2.53. The van der Waals surface area contributed by atoms with Gasteiger partial charge in [0.1, 0.15) is 10.6 Å². The lowest BCUT2D eigenvalue weighted by Crippen LogP contribution is -2.48. The second-order valence-corrected chi connectivity index (χ2v) is 10.5. The summed E-state index contributed by atoms with van der Waals surface area (Å²) < 4.78 is 16.1. The molecule has 0 spiro atoms. The Labute approximate surface area is 214 Å². The van der Waals surface area contributed by atoms with Gasteiger partial charge in [-0.2, -0.15) is 4.98 Å². The minimum atomic E-state index is -0.164. The van der Waals surface area contributed by atoms with Crippen LogP contribution in [-0.4, -0.2) is 67.0 Å². The topological polar surface area (TPSA) is 89.1 Å². The molecule has 2 aromatic heterocycles. The van der Waals surface area contributed by atoms with Crippen LogP contribution in [0.1, 0.15) is 35.8 Å². The number of nitrogens with zero attached hydrogens (tertiary/aromatic N) is 4. The molecule has 3 aromatic rings. The van der Waals surface area contributed by atoms with Crippen molar-refractivity contribution in [2.75, 3.05) is 56.3 Å². The van der Waals surface area contributed by atoms with Gasteiger partial charge in [0.25, 0.3) is 0 Å². The molecule has 3 aliphatic rings. The van der Waals surface area contributed by atoms with Crippen molar-refractivity contribution in [3.8, 4) is 11.5 Å². The minimum absolute atomic E-state index is 0.164. The Morgan fingerprint density at radius 1 is 1.11 bits per heavy atom. The normalized spacial score (nSPS) is 17.3. The third kappa shape index (κ3) is 4.67. The van der Waals surface area contributed by atoms with Gasteiger partial charge in [0.2, 0.25) is 12.7 Å². The molecular formula is C26H31N5O4S. The number of carbonyl (C=O) groups is 1. The van der Waals surface area contributed by atoms with Crippen molar-refractivity contribution in [3.05, 3.63) is 34.2 Å². The van der Waals surface area contributed by atoms with Crippen molar-refractivity contribution >= 4 is 39.3 Å². The molecular weight excluding hydrogens is 478 g/mol. The Hall–Kier alpha value is -3.11. The number of esters is 1. The zero-order valence-electron chi connectivity index (χ0n) is 20.5. The predicted molar refractivity (Wildman–Crippen MR) is 139 cm³/mol. The first-order valence-corrected chi connectivity index (χ1v) is 13.6. The minimum Gasteiger partial charge on any atom is -0.465 e. The number of anilines is 2. The number of ether oxygens (including phenoxy) is 3. The van der Waals surface area contributed by atoms with Crippen LogP contribution in [0.25, 0.3) is 10.2 Å². The number of nitrogens with one attached hydrogen (secondary N) is 1. The van der Waals surface area contributed by atoms with E-state index in [1.54, 1.807) is 0 Å². The zero-order chi connectivity index (χ0) is 24.5. The summed E-state index contributed by atoms with van der Waals surface area (Å²) >= 11 is 1.82. The van der Waals surface area contributed by atoms with Crippen LogP contribution >= 0.6 is 11.3 Å². The molecule has 0 bridgehead atoms. The number of piperazine rings is 1. The van der Waals surface area contributed by atoms with Gasteiger partial charge in [-0.25, -0.2) is 4.98 Å². The van der Waals surface area contributed by atoms with Crippen LogP contribution in [0.15, 0.2) is 18.2 Å². The van der Waals surface area contributed by atoms with Crippen molar-refractivity contribution in [1.29, 1.82) is 0 Å². The first kappa shape index (κ1) is 23.3. The smallest absolute Gasteiger partial charge is 0.320 e. The van der Waals surface area contributed by atoms with Crippen LogP contribution in [0.5, 0.6) is 11.5 Å². The Morgan fingerprint density at radius 2 is 1.94 bits per heavy atom. The maximum absolute atomic E-state index is 11.9. The molecule has 2 aliphatic heterocycles. The molecule has 0 saturated carbocycles. The van der Waals surface area contributed by atoms with E-state index < -0.39 is 0 Å². The van der Waals surface area contributed by atoms with Gasteiger partial charge in [-0.05, 0) is 55.9 Å². The van der Waals surface area contributed by atoms with Crippen LogP contribution < -0.4 is 19.7 Å². The quantitative estimate of drug-likeness (QED) is 0.480. The van der Waals surface area contributed by atoms with E-state index in [4.69, 9.17) is 24.2 Å². The van der Waals surface area contributed by atoms with E-state index >= 15 is 0 Å². The summed E-state index contributed by atoms with van der Waals surface area (Å²) in [6.45, 7) is 6.61. The molecule has 0 amide bonds. The predicted octanol–water partition coefficient (Wildman–Crippen LogP) is 3.60. The number of aryl methyl sites for hydroxylation is 2. The third-order valence-electron chi connectivity index (χ3n) is 7.01. The maximum Gasteiger partial charge on any atom is 0.320 e. The third-order valence-corrected chi connectivity index (χ3v) is 8.20. The van der Waals surface area contributed by atoms with Crippen molar-refractivity contribution in [1.82, 2.24) is 14.9 Å². The van der Waals surface area contributed by atoms with Crippen LogP contribution in [-0.2, 0) is 28.9 Å². The van der Waals surface area contributed by atoms with Gasteiger partial charge in [-0.1, -0.05) is 6.07 Å². The first-order chi connectivity index (χ1) is 17.7. The lowest BCUT2D eigenvalue weighted by molar-refractivity contribution is -0.144. The number of hydrogen-bond acceptors (Lipinski definition) is 10. The Bertz CT molecular complexity index is 1270. The highest BCUT2D eigenvalue weighted by Gasteiger charge is 2.25. The highest BCUT2D eigenvalue weighted by atomic mass is 32.1. The summed E-state index contributed by atoms with van der Waals surface area (Å²) in [6.07, 6.45) is 4.66. The average molecular weight is 510 g/mol. The van der Waals surface area contributed by atoms with Crippen LogP contribution in [0.2, 0.25) is 0 Å². The van der Waals surface area contributed by atoms with E-state index in [0.29, 0.717) is 19.7 Å². The average Bonchev–Trinajstić information content (AvgIpc) is 3.52. The van der Waals surface area contributed by atoms with E-state index in [-0.39, 0.29) is 12.8 Å². The lowest BCUT2D eigenvalue weighted by atomic mass is 9.97. The molecule has 1 N–H and O–H groups in total. The molecule has 1 aliphatic carbocycles. The summed E-state index contributed by atoms with van der Waals surface area (Å²) in [7, 11) is 0. The number of aromatic nitrogens is 2. The fourth-order valence-corrected chi connectivity index (χ4v) is 6.40. The van der Waals surface area contributed by atoms with E-state index in [2.05, 4.69) is 21.2 Å². The number of rotatable bonds is 7. The fourth-order valence-electron chi connectivity index (χ4n) is 5.15. The van der Waals surface area contributed by atoms with Crippen LogP contribution in [0, 0.1) is 0 Å². The van der Waals surface area contributed by atoms with Crippen molar-refractivity contribution in [2.45, 2.75) is 39.2 Å². The molecule has 0 unspecified atom stereocenters. The number of carbonyl (C=O) groups excluding carboxylic acids is 1. The molecule has 36 heavy (non-hydrogen) atoms. The van der Waals surface area contributed by atoms with E-state index in [1.807, 2.05) is 30.4 Å². The Balaban J connectivity index is 1.24. The number of fused-ring (bicyclic) bond motifs is 4. The molecule has 1 fully saturated rings. The molecule has 0 radical (unpaired) electrons. The van der Waals surface area contributed by atoms with E-state index in [1.165, 1.54) is 28.7 Å².